The van der Waals surface area contributed by atoms with E-state index < -0.39 is 5.41 Å². The van der Waals surface area contributed by atoms with Gasteiger partial charge in [0.1, 0.15) is 11.2 Å². The van der Waals surface area contributed by atoms with Crippen LogP contribution in [0.15, 0.2) is 18.2 Å². The van der Waals surface area contributed by atoms with Crippen molar-refractivity contribution in [2.24, 2.45) is 0 Å². The minimum absolute atomic E-state index is 0.184. The number of esters is 1. The Bertz CT molecular complexity index is 674. The van der Waals surface area contributed by atoms with Gasteiger partial charge in [-0.2, -0.15) is 0 Å². The first-order valence-electron chi connectivity index (χ1n) is 6.87. The van der Waals surface area contributed by atoms with E-state index in [-0.39, 0.29) is 5.97 Å². The summed E-state index contributed by atoms with van der Waals surface area (Å²) in [7, 11) is 1.44. The van der Waals surface area contributed by atoms with Gasteiger partial charge in [-0.3, -0.25) is 4.79 Å². The number of carbonyl (C=O) groups excluding carboxylic acids is 1. The lowest BCUT2D eigenvalue weighted by molar-refractivity contribution is -0.144. The van der Waals surface area contributed by atoms with Gasteiger partial charge in [0, 0.05) is 11.6 Å². The fraction of sp³-hybridized carbons (Fsp3) is 0.467. The molecule has 0 spiro atoms. The van der Waals surface area contributed by atoms with Crippen molar-refractivity contribution in [2.45, 2.75) is 38.1 Å². The van der Waals surface area contributed by atoms with Gasteiger partial charge in [-0.25, -0.2) is 4.98 Å². The number of rotatable bonds is 4. The number of ether oxygens (including phenoxy) is 1. The fourth-order valence-electron chi connectivity index (χ4n) is 2.75. The Hall–Kier alpha value is -1.55. The van der Waals surface area contributed by atoms with Gasteiger partial charge in [0.2, 0.25) is 0 Å². The third kappa shape index (κ3) is 1.90. The Morgan fingerprint density at radius 3 is 2.85 bits per heavy atom. The summed E-state index contributed by atoms with van der Waals surface area (Å²) in [5.74, 6) is 0.639. The maximum Gasteiger partial charge on any atom is 0.319 e. The number of aryl methyl sites for hydroxylation is 1. The quantitative estimate of drug-likeness (QED) is 0.812. The first kappa shape index (κ1) is 13.4. The number of aromatic nitrogens is 2. The molecule has 0 bridgehead atoms. The van der Waals surface area contributed by atoms with Crippen LogP contribution in [-0.4, -0.2) is 22.6 Å². The van der Waals surface area contributed by atoms with Crippen LogP contribution in [0, 0.1) is 0 Å². The maximum atomic E-state index is 12.1. The Labute approximate surface area is 122 Å². The molecule has 3 rings (SSSR count). The van der Waals surface area contributed by atoms with E-state index in [1.807, 2.05) is 18.2 Å². The lowest BCUT2D eigenvalue weighted by Gasteiger charge is -2.15. The second-order valence-corrected chi connectivity index (χ2v) is 5.73. The van der Waals surface area contributed by atoms with Gasteiger partial charge in [0.05, 0.1) is 18.1 Å². The summed E-state index contributed by atoms with van der Waals surface area (Å²) in [6.45, 7) is 2.93. The molecule has 1 saturated carbocycles. The molecule has 0 saturated heterocycles. The highest BCUT2D eigenvalue weighted by Crippen LogP contribution is 2.49. The van der Waals surface area contributed by atoms with Crippen molar-refractivity contribution in [2.75, 3.05) is 7.11 Å². The summed E-state index contributed by atoms with van der Waals surface area (Å²) < 4.78 is 7.08. The summed E-state index contributed by atoms with van der Waals surface area (Å²) in [5, 5.41) is 0.684. The SMILES string of the molecule is CCCn1c(C2(C(=O)OC)CC2)nc2ccc(Cl)cc21. The summed E-state index contributed by atoms with van der Waals surface area (Å²) in [6.07, 6.45) is 2.59. The van der Waals surface area contributed by atoms with Crippen LogP contribution in [0.1, 0.15) is 32.0 Å². The fourth-order valence-corrected chi connectivity index (χ4v) is 2.92. The zero-order valence-corrected chi connectivity index (χ0v) is 12.4. The number of methoxy groups -OCH3 is 1. The highest BCUT2D eigenvalue weighted by atomic mass is 35.5. The number of halogens is 1. The van der Waals surface area contributed by atoms with Crippen molar-refractivity contribution in [3.05, 3.63) is 29.0 Å². The number of benzene rings is 1. The van der Waals surface area contributed by atoms with Gasteiger partial charge in [-0.05, 0) is 37.5 Å². The molecule has 20 heavy (non-hydrogen) atoms. The molecule has 5 heteroatoms. The molecular weight excluding hydrogens is 276 g/mol. The smallest absolute Gasteiger partial charge is 0.319 e. The van der Waals surface area contributed by atoms with Gasteiger partial charge >= 0.3 is 5.97 Å². The van der Waals surface area contributed by atoms with Gasteiger partial charge < -0.3 is 9.30 Å². The second-order valence-electron chi connectivity index (χ2n) is 5.29. The first-order chi connectivity index (χ1) is 9.62. The van der Waals surface area contributed by atoms with Gasteiger partial charge in [0.15, 0.2) is 0 Å². The highest BCUT2D eigenvalue weighted by Gasteiger charge is 2.56. The molecule has 0 atom stereocenters. The largest absolute Gasteiger partial charge is 0.468 e. The number of fused-ring (bicyclic) bond motifs is 1. The molecule has 0 N–H and O–H groups in total. The second kappa shape index (κ2) is 4.77. The average Bonchev–Trinajstić information content (AvgIpc) is 3.18. The van der Waals surface area contributed by atoms with Crippen LogP contribution in [0.2, 0.25) is 5.02 Å². The van der Waals surface area contributed by atoms with E-state index in [0.29, 0.717) is 5.02 Å². The van der Waals surface area contributed by atoms with E-state index in [2.05, 4.69) is 16.5 Å². The lowest BCUT2D eigenvalue weighted by atomic mass is 10.1. The lowest BCUT2D eigenvalue weighted by Crippen LogP contribution is -2.26. The van der Waals surface area contributed by atoms with Crippen molar-refractivity contribution in [3.63, 3.8) is 0 Å². The van der Waals surface area contributed by atoms with E-state index in [4.69, 9.17) is 16.3 Å². The van der Waals surface area contributed by atoms with Crippen molar-refractivity contribution < 1.29 is 9.53 Å². The third-order valence-corrected chi connectivity index (χ3v) is 4.15. The molecule has 1 heterocycles. The van der Waals surface area contributed by atoms with E-state index >= 15 is 0 Å². The number of imidazole rings is 1. The predicted molar refractivity (Wildman–Crippen MR) is 78.0 cm³/mol. The summed E-state index contributed by atoms with van der Waals surface area (Å²) in [4.78, 5) is 16.8. The van der Waals surface area contributed by atoms with Crippen LogP contribution in [0.4, 0.5) is 0 Å². The Morgan fingerprint density at radius 1 is 1.50 bits per heavy atom. The molecule has 0 unspecified atom stereocenters. The molecule has 1 aliphatic carbocycles. The molecule has 1 aromatic carbocycles. The number of hydrogen-bond donors (Lipinski definition) is 0. The van der Waals surface area contributed by atoms with Crippen LogP contribution < -0.4 is 0 Å². The van der Waals surface area contributed by atoms with Gasteiger partial charge in [0.25, 0.3) is 0 Å². The van der Waals surface area contributed by atoms with Gasteiger partial charge in [-0.1, -0.05) is 18.5 Å². The van der Waals surface area contributed by atoms with Crippen molar-refractivity contribution in [3.8, 4) is 0 Å². The van der Waals surface area contributed by atoms with Crippen LogP contribution in [0.3, 0.4) is 0 Å². The molecule has 0 radical (unpaired) electrons. The van der Waals surface area contributed by atoms with Crippen LogP contribution in [-0.2, 0) is 21.5 Å². The minimum Gasteiger partial charge on any atom is -0.468 e. The molecule has 0 amide bonds. The topological polar surface area (TPSA) is 44.1 Å². The molecule has 1 fully saturated rings. The van der Waals surface area contributed by atoms with E-state index in [0.717, 1.165) is 42.7 Å². The number of hydrogen-bond acceptors (Lipinski definition) is 3. The Kier molecular flexibility index (Phi) is 3.21. The zero-order valence-electron chi connectivity index (χ0n) is 11.6. The van der Waals surface area contributed by atoms with E-state index in [1.165, 1.54) is 7.11 Å². The molecule has 106 valence electrons. The summed E-state index contributed by atoms with van der Waals surface area (Å²) in [5.41, 5.74) is 1.33. The van der Waals surface area contributed by atoms with Crippen LogP contribution in [0.25, 0.3) is 11.0 Å². The monoisotopic (exact) mass is 292 g/mol. The molecule has 4 nitrogen and oxygen atoms in total. The summed E-state index contributed by atoms with van der Waals surface area (Å²) in [6, 6.07) is 5.64. The zero-order chi connectivity index (χ0) is 14.3. The molecule has 2 aromatic rings. The Morgan fingerprint density at radius 2 is 2.25 bits per heavy atom. The van der Waals surface area contributed by atoms with Crippen LogP contribution >= 0.6 is 11.6 Å². The van der Waals surface area contributed by atoms with E-state index in [1.54, 1.807) is 0 Å². The number of carbonyl (C=O) groups is 1. The van der Waals surface area contributed by atoms with Crippen LogP contribution in [0.5, 0.6) is 0 Å². The molecular formula is C15H17ClN2O2. The maximum absolute atomic E-state index is 12.1. The number of nitrogens with zero attached hydrogens (tertiary/aromatic N) is 2. The van der Waals surface area contributed by atoms with E-state index in [9.17, 15) is 4.79 Å². The molecule has 0 aliphatic heterocycles. The van der Waals surface area contributed by atoms with Crippen molar-refractivity contribution in [1.29, 1.82) is 0 Å². The highest BCUT2D eigenvalue weighted by molar-refractivity contribution is 6.31. The standard InChI is InChI=1S/C15H17ClN2O2/c1-3-8-18-12-9-10(16)4-5-11(12)17-13(18)15(6-7-15)14(19)20-2/h4-5,9H,3,6-8H2,1-2H3. The van der Waals surface area contributed by atoms with Gasteiger partial charge in [-0.15, -0.1) is 0 Å². The minimum atomic E-state index is -0.546. The summed E-state index contributed by atoms with van der Waals surface area (Å²) >= 11 is 6.09. The van der Waals surface area contributed by atoms with Crippen molar-refractivity contribution in [1.82, 2.24) is 9.55 Å². The molecule has 1 aliphatic rings. The van der Waals surface area contributed by atoms with Crippen molar-refractivity contribution >= 4 is 28.6 Å². The first-order valence-corrected chi connectivity index (χ1v) is 7.25. The predicted octanol–water partition coefficient (Wildman–Crippen LogP) is 3.30. The normalized spacial score (nSPS) is 16.4. The molecule has 1 aromatic heterocycles. The Balaban J connectivity index is 2.20. The average molecular weight is 293 g/mol. The third-order valence-electron chi connectivity index (χ3n) is 3.91.